The molecule has 4 N–H and O–H groups in total. The molecule has 94 valence electrons. The van der Waals surface area contributed by atoms with Gasteiger partial charge in [-0.15, -0.1) is 0 Å². The number of hydrogen-bond donors (Lipinski definition) is 4. The third-order valence-corrected chi connectivity index (χ3v) is 1.42. The van der Waals surface area contributed by atoms with E-state index < -0.39 is 0 Å². The van der Waals surface area contributed by atoms with Crippen molar-refractivity contribution in [3.8, 4) is 0 Å². The van der Waals surface area contributed by atoms with Crippen molar-refractivity contribution >= 4 is 11.7 Å². The van der Waals surface area contributed by atoms with Gasteiger partial charge in [-0.05, 0) is 6.92 Å². The molecule has 0 aliphatic heterocycles. The van der Waals surface area contributed by atoms with Crippen molar-refractivity contribution in [2.75, 3.05) is 26.0 Å². The largest absolute Gasteiger partial charge is 0.400 e. The Morgan fingerprint density at radius 1 is 1.50 bits per heavy atom. The molecule has 0 saturated heterocycles. The number of aromatic nitrogens is 2. The second-order valence-corrected chi connectivity index (χ2v) is 2.28. The van der Waals surface area contributed by atoms with E-state index in [1.165, 1.54) is 0 Å². The van der Waals surface area contributed by atoms with Gasteiger partial charge in [-0.3, -0.25) is 9.89 Å². The number of aromatic amines is 1. The lowest BCUT2D eigenvalue weighted by molar-refractivity contribution is 0.0951. The molecule has 6 heteroatoms. The number of hydrogen-bond acceptors (Lipinski definition) is 4. The smallest absolute Gasteiger partial charge is 0.269 e. The van der Waals surface area contributed by atoms with E-state index in [2.05, 4.69) is 20.8 Å². The Bertz CT molecular complexity index is 274. The third kappa shape index (κ3) is 6.02. The molecule has 0 saturated carbocycles. The van der Waals surface area contributed by atoms with Crippen molar-refractivity contribution in [1.82, 2.24) is 15.5 Å². The quantitative estimate of drug-likeness (QED) is 0.619. The van der Waals surface area contributed by atoms with Gasteiger partial charge in [0, 0.05) is 26.8 Å². The van der Waals surface area contributed by atoms with Crippen LogP contribution >= 0.6 is 0 Å². The summed E-state index contributed by atoms with van der Waals surface area (Å²) in [6.45, 7) is 6.49. The molecule has 1 heterocycles. The molecule has 1 rings (SSSR count). The molecule has 0 aliphatic rings. The first-order valence-corrected chi connectivity index (χ1v) is 5.24. The molecule has 0 fully saturated rings. The molecule has 1 aromatic heterocycles. The van der Waals surface area contributed by atoms with Gasteiger partial charge in [0.2, 0.25) is 0 Å². The number of aliphatic hydroxyl groups excluding tert-OH is 1. The van der Waals surface area contributed by atoms with Crippen molar-refractivity contribution < 1.29 is 9.90 Å². The minimum atomic E-state index is -0.133. The number of H-pyrrole nitrogens is 1. The first kappa shape index (κ1) is 16.9. The second-order valence-electron chi connectivity index (χ2n) is 2.28. The maximum absolute atomic E-state index is 11.2. The van der Waals surface area contributed by atoms with Gasteiger partial charge in [-0.1, -0.05) is 13.8 Å². The van der Waals surface area contributed by atoms with Crippen LogP contribution in [0.2, 0.25) is 0 Å². The number of carbonyl (C=O) groups is 1. The Morgan fingerprint density at radius 3 is 2.44 bits per heavy atom. The van der Waals surface area contributed by atoms with E-state index in [4.69, 9.17) is 5.11 Å². The van der Waals surface area contributed by atoms with Gasteiger partial charge in [0.15, 0.2) is 0 Å². The first-order chi connectivity index (χ1) is 7.77. The Labute approximate surface area is 96.5 Å². The fraction of sp³-hybridized carbons (Fsp3) is 0.600. The highest BCUT2D eigenvalue weighted by atomic mass is 16.2. The molecule has 0 radical (unpaired) electrons. The van der Waals surface area contributed by atoms with Crippen LogP contribution in [0.15, 0.2) is 6.07 Å². The van der Waals surface area contributed by atoms with E-state index in [0.717, 1.165) is 7.11 Å². The minimum Gasteiger partial charge on any atom is -0.400 e. The molecule has 1 amide bonds. The van der Waals surface area contributed by atoms with E-state index in [0.29, 0.717) is 18.1 Å². The Morgan fingerprint density at radius 2 is 2.06 bits per heavy atom. The molecule has 0 spiro atoms. The van der Waals surface area contributed by atoms with E-state index in [1.807, 2.05) is 20.8 Å². The fourth-order valence-corrected chi connectivity index (χ4v) is 0.822. The van der Waals surface area contributed by atoms with Crippen LogP contribution in [0, 0.1) is 0 Å². The fourth-order valence-electron chi connectivity index (χ4n) is 0.822. The van der Waals surface area contributed by atoms with E-state index in [9.17, 15) is 4.79 Å². The SMILES string of the molecule is CC.CCNC(=O)c1cc(NC)n[nH]1.CO. The summed E-state index contributed by atoms with van der Waals surface area (Å²) >= 11 is 0. The van der Waals surface area contributed by atoms with E-state index in [1.54, 1.807) is 13.1 Å². The summed E-state index contributed by atoms with van der Waals surface area (Å²) in [5, 5.41) is 18.9. The number of rotatable bonds is 3. The highest BCUT2D eigenvalue weighted by molar-refractivity contribution is 5.92. The monoisotopic (exact) mass is 230 g/mol. The van der Waals surface area contributed by atoms with Gasteiger partial charge in [-0.2, -0.15) is 5.10 Å². The lowest BCUT2D eigenvalue weighted by Gasteiger charge is -1.95. The van der Waals surface area contributed by atoms with Crippen LogP contribution in [0.1, 0.15) is 31.3 Å². The molecule has 0 aliphatic carbocycles. The summed E-state index contributed by atoms with van der Waals surface area (Å²) in [6, 6.07) is 1.66. The average molecular weight is 230 g/mol. The van der Waals surface area contributed by atoms with Crippen molar-refractivity contribution in [1.29, 1.82) is 0 Å². The minimum absolute atomic E-state index is 0.133. The van der Waals surface area contributed by atoms with Crippen molar-refractivity contribution in [2.45, 2.75) is 20.8 Å². The molecule has 0 atom stereocenters. The number of aliphatic hydroxyl groups is 1. The van der Waals surface area contributed by atoms with Crippen LogP contribution in [0.5, 0.6) is 0 Å². The van der Waals surface area contributed by atoms with Crippen LogP contribution in [0.3, 0.4) is 0 Å². The summed E-state index contributed by atoms with van der Waals surface area (Å²) in [5.74, 6) is 0.530. The molecule has 0 aromatic carbocycles. The molecular weight excluding hydrogens is 208 g/mol. The van der Waals surface area contributed by atoms with Gasteiger partial charge in [0.25, 0.3) is 5.91 Å². The lowest BCUT2D eigenvalue weighted by atomic mass is 10.4. The maximum atomic E-state index is 11.2. The standard InChI is InChI=1S/C7H12N4O.C2H6.CH4O/c1-3-9-7(12)5-4-6(8-2)11-10-5;2*1-2/h4H,3H2,1-2H3,(H,9,12)(H2,8,10,11);1-2H3;2H,1H3. The van der Waals surface area contributed by atoms with Crippen LogP contribution in [0.25, 0.3) is 0 Å². The zero-order chi connectivity index (χ0) is 13.0. The summed E-state index contributed by atoms with van der Waals surface area (Å²) in [7, 11) is 2.75. The van der Waals surface area contributed by atoms with E-state index >= 15 is 0 Å². The summed E-state index contributed by atoms with van der Waals surface area (Å²) in [6.07, 6.45) is 0. The maximum Gasteiger partial charge on any atom is 0.269 e. The topological polar surface area (TPSA) is 90.0 Å². The Hall–Kier alpha value is -1.56. The molecule has 0 unspecified atom stereocenters. The van der Waals surface area contributed by atoms with E-state index in [-0.39, 0.29) is 5.91 Å². The normalized spacial score (nSPS) is 7.88. The summed E-state index contributed by atoms with van der Waals surface area (Å²) in [5.41, 5.74) is 0.473. The van der Waals surface area contributed by atoms with Crippen molar-refractivity contribution in [3.63, 3.8) is 0 Å². The van der Waals surface area contributed by atoms with Gasteiger partial charge in [0.1, 0.15) is 11.5 Å². The predicted molar refractivity (Wildman–Crippen MR) is 65.6 cm³/mol. The second kappa shape index (κ2) is 11.5. The van der Waals surface area contributed by atoms with Gasteiger partial charge in [0.05, 0.1) is 0 Å². The van der Waals surface area contributed by atoms with Gasteiger partial charge < -0.3 is 15.7 Å². The van der Waals surface area contributed by atoms with Crippen LogP contribution in [-0.4, -0.2) is 41.9 Å². The first-order valence-electron chi connectivity index (χ1n) is 5.24. The molecule has 6 nitrogen and oxygen atoms in total. The predicted octanol–water partition coefficient (Wildman–Crippen LogP) is 0.836. The van der Waals surface area contributed by atoms with Crippen molar-refractivity contribution in [3.05, 3.63) is 11.8 Å². The van der Waals surface area contributed by atoms with Crippen LogP contribution in [-0.2, 0) is 0 Å². The number of anilines is 1. The lowest BCUT2D eigenvalue weighted by Crippen LogP contribution is -2.22. The highest BCUT2D eigenvalue weighted by Gasteiger charge is 2.06. The molecule has 16 heavy (non-hydrogen) atoms. The molecule has 0 bridgehead atoms. The highest BCUT2D eigenvalue weighted by Crippen LogP contribution is 2.02. The van der Waals surface area contributed by atoms with Crippen LogP contribution < -0.4 is 10.6 Å². The number of nitrogens with one attached hydrogen (secondary N) is 3. The Kier molecular flexibility index (Phi) is 12.1. The number of nitrogens with zero attached hydrogens (tertiary/aromatic N) is 1. The Balaban J connectivity index is 0. The number of carbonyl (C=O) groups excluding carboxylic acids is 1. The van der Waals surface area contributed by atoms with Crippen LogP contribution in [0.4, 0.5) is 5.82 Å². The number of amides is 1. The van der Waals surface area contributed by atoms with Gasteiger partial charge >= 0.3 is 0 Å². The van der Waals surface area contributed by atoms with Crippen molar-refractivity contribution in [2.24, 2.45) is 0 Å². The zero-order valence-electron chi connectivity index (χ0n) is 10.6. The molecular formula is C10H22N4O2. The third-order valence-electron chi connectivity index (χ3n) is 1.42. The van der Waals surface area contributed by atoms with Gasteiger partial charge in [-0.25, -0.2) is 0 Å². The molecule has 1 aromatic rings. The zero-order valence-corrected chi connectivity index (χ0v) is 10.6. The summed E-state index contributed by atoms with van der Waals surface area (Å²) in [4.78, 5) is 11.2. The summed E-state index contributed by atoms with van der Waals surface area (Å²) < 4.78 is 0. The average Bonchev–Trinajstić information content (AvgIpc) is 2.83.